The molecule has 0 saturated carbocycles. The number of ketones is 1. The van der Waals surface area contributed by atoms with Gasteiger partial charge in [-0.25, -0.2) is 0 Å². The second-order valence-corrected chi connectivity index (χ2v) is 4.72. The second-order valence-electron chi connectivity index (χ2n) is 3.80. The van der Waals surface area contributed by atoms with Gasteiger partial charge in [0.25, 0.3) is 5.91 Å². The van der Waals surface area contributed by atoms with Crippen LogP contribution in [0.5, 0.6) is 5.75 Å². The van der Waals surface area contributed by atoms with E-state index in [1.807, 2.05) is 0 Å². The lowest BCUT2D eigenvalue weighted by molar-refractivity contribution is -0.126. The van der Waals surface area contributed by atoms with Crippen LogP contribution < -0.4 is 15.8 Å². The summed E-state index contributed by atoms with van der Waals surface area (Å²) in [4.78, 5) is 22.9. The van der Waals surface area contributed by atoms with Crippen molar-refractivity contribution in [2.45, 2.75) is 20.0 Å². The third-order valence-corrected chi connectivity index (χ3v) is 2.83. The van der Waals surface area contributed by atoms with Gasteiger partial charge in [0, 0.05) is 11.5 Å². The molecule has 0 saturated heterocycles. The molecule has 0 spiro atoms. The van der Waals surface area contributed by atoms with Crippen LogP contribution in [0.1, 0.15) is 24.2 Å². The van der Waals surface area contributed by atoms with Gasteiger partial charge in [-0.05, 0) is 26.0 Å². The summed E-state index contributed by atoms with van der Waals surface area (Å²) in [5, 5.41) is 2.47. The molecule has 0 aliphatic carbocycles. The molecule has 3 N–H and O–H groups in total. The molecule has 0 heterocycles. The van der Waals surface area contributed by atoms with Crippen LogP contribution in [0.25, 0.3) is 0 Å². The summed E-state index contributed by atoms with van der Waals surface area (Å²) < 4.78 is 6.15. The van der Waals surface area contributed by atoms with Crippen molar-refractivity contribution in [3.05, 3.63) is 22.2 Å². The number of likely N-dealkylation sites (N-methyl/N-ethyl adjacent to an activating group) is 1. The summed E-state index contributed by atoms with van der Waals surface area (Å²) in [6.45, 7) is 3.00. The molecule has 6 heteroatoms. The summed E-state index contributed by atoms with van der Waals surface area (Å²) in [5.74, 6) is -0.226. The Hall–Kier alpha value is -1.56. The molecule has 18 heavy (non-hydrogen) atoms. The van der Waals surface area contributed by atoms with E-state index in [2.05, 4.69) is 21.2 Å². The number of amides is 1. The van der Waals surface area contributed by atoms with E-state index in [9.17, 15) is 9.59 Å². The van der Waals surface area contributed by atoms with E-state index in [1.165, 1.54) is 14.0 Å². The lowest BCUT2D eigenvalue weighted by Gasteiger charge is -2.17. The number of nitrogens with one attached hydrogen (secondary N) is 1. The highest BCUT2D eigenvalue weighted by atomic mass is 79.9. The Morgan fingerprint density at radius 2 is 2.06 bits per heavy atom. The summed E-state index contributed by atoms with van der Waals surface area (Å²) >= 11 is 3.26. The van der Waals surface area contributed by atoms with Crippen LogP contribution in [0, 0.1) is 0 Å². The predicted octanol–water partition coefficient (Wildman–Crippen LogP) is 1.75. The highest BCUT2D eigenvalue weighted by Crippen LogP contribution is 2.31. The molecule has 5 nitrogen and oxygen atoms in total. The van der Waals surface area contributed by atoms with Crippen LogP contribution in [-0.4, -0.2) is 24.8 Å². The van der Waals surface area contributed by atoms with E-state index in [-0.39, 0.29) is 17.4 Å². The summed E-state index contributed by atoms with van der Waals surface area (Å²) in [6.07, 6.45) is -0.725. The first-order chi connectivity index (χ1) is 8.36. The Morgan fingerprint density at radius 3 is 2.56 bits per heavy atom. The van der Waals surface area contributed by atoms with E-state index in [1.54, 1.807) is 19.1 Å². The normalized spacial score (nSPS) is 11.8. The number of Topliss-reactive ketones (excluding diaryl/α,β-unsaturated/α-hetero) is 1. The van der Waals surface area contributed by atoms with Crippen molar-refractivity contribution in [2.24, 2.45) is 0 Å². The number of nitrogens with two attached hydrogens (primary N) is 1. The average molecular weight is 315 g/mol. The second kappa shape index (κ2) is 5.86. The Balaban J connectivity index is 3.15. The quantitative estimate of drug-likeness (QED) is 0.655. The monoisotopic (exact) mass is 314 g/mol. The van der Waals surface area contributed by atoms with Crippen molar-refractivity contribution in [2.75, 3.05) is 12.8 Å². The molecular weight excluding hydrogens is 300 g/mol. The minimum absolute atomic E-state index is 0.179. The van der Waals surface area contributed by atoms with E-state index in [0.29, 0.717) is 15.7 Å². The first-order valence-corrected chi connectivity index (χ1v) is 6.14. The molecule has 0 radical (unpaired) electrons. The molecule has 1 unspecified atom stereocenters. The van der Waals surface area contributed by atoms with Crippen LogP contribution in [-0.2, 0) is 4.79 Å². The number of carbonyl (C=O) groups excluding carboxylic acids is 2. The molecule has 1 aromatic rings. The number of benzene rings is 1. The van der Waals surface area contributed by atoms with Crippen molar-refractivity contribution in [1.29, 1.82) is 0 Å². The van der Waals surface area contributed by atoms with Gasteiger partial charge >= 0.3 is 0 Å². The molecule has 1 amide bonds. The van der Waals surface area contributed by atoms with Gasteiger partial charge < -0.3 is 15.8 Å². The number of anilines is 1. The van der Waals surface area contributed by atoms with Crippen LogP contribution in [0.4, 0.5) is 5.69 Å². The zero-order chi connectivity index (χ0) is 13.9. The fourth-order valence-electron chi connectivity index (χ4n) is 1.44. The maximum absolute atomic E-state index is 11.5. The molecule has 0 fully saturated rings. The molecular formula is C12H15BrN2O3. The summed E-state index contributed by atoms with van der Waals surface area (Å²) in [7, 11) is 1.51. The lowest BCUT2D eigenvalue weighted by atomic mass is 10.1. The standard InChI is InChI=1S/C12H15BrN2O3/c1-6(16)9-4-8(13)5-10(14)11(9)18-7(2)12(17)15-3/h4-5,7H,14H2,1-3H3,(H,15,17). The molecule has 0 aliphatic heterocycles. The zero-order valence-electron chi connectivity index (χ0n) is 10.4. The first kappa shape index (κ1) is 14.5. The highest BCUT2D eigenvalue weighted by molar-refractivity contribution is 9.10. The smallest absolute Gasteiger partial charge is 0.260 e. The molecule has 98 valence electrons. The SMILES string of the molecule is CNC(=O)C(C)Oc1c(N)cc(Br)cc1C(C)=O. The Kier molecular flexibility index (Phi) is 4.72. The van der Waals surface area contributed by atoms with Crippen LogP contribution in [0.2, 0.25) is 0 Å². The zero-order valence-corrected chi connectivity index (χ0v) is 12.0. The number of rotatable bonds is 4. The minimum atomic E-state index is -0.725. The number of carbonyl (C=O) groups is 2. The molecule has 0 aliphatic rings. The van der Waals surface area contributed by atoms with E-state index in [4.69, 9.17) is 10.5 Å². The topological polar surface area (TPSA) is 81.4 Å². The number of ether oxygens (including phenoxy) is 1. The van der Waals surface area contributed by atoms with Crippen molar-refractivity contribution in [3.63, 3.8) is 0 Å². The molecule has 1 aromatic carbocycles. The van der Waals surface area contributed by atoms with Gasteiger partial charge in [-0.15, -0.1) is 0 Å². The third kappa shape index (κ3) is 3.22. The average Bonchev–Trinajstić information content (AvgIpc) is 2.30. The number of hydrogen-bond donors (Lipinski definition) is 2. The summed E-state index contributed by atoms with van der Waals surface area (Å²) in [6, 6.07) is 3.24. The molecule has 0 aromatic heterocycles. The van der Waals surface area contributed by atoms with E-state index < -0.39 is 6.10 Å². The molecule has 1 atom stereocenters. The van der Waals surface area contributed by atoms with Crippen molar-refractivity contribution in [1.82, 2.24) is 5.32 Å². The fourth-order valence-corrected chi connectivity index (χ4v) is 1.92. The Bertz CT molecular complexity index is 488. The molecule has 1 rings (SSSR count). The van der Waals surface area contributed by atoms with Gasteiger partial charge in [0.15, 0.2) is 17.6 Å². The summed E-state index contributed by atoms with van der Waals surface area (Å²) in [5.41, 5.74) is 6.47. The maximum Gasteiger partial charge on any atom is 0.260 e. The highest BCUT2D eigenvalue weighted by Gasteiger charge is 2.19. The van der Waals surface area contributed by atoms with Crippen LogP contribution in [0.15, 0.2) is 16.6 Å². The minimum Gasteiger partial charge on any atom is -0.478 e. The van der Waals surface area contributed by atoms with Gasteiger partial charge in [0.2, 0.25) is 0 Å². The van der Waals surface area contributed by atoms with Crippen LogP contribution in [0.3, 0.4) is 0 Å². The number of halogens is 1. The fraction of sp³-hybridized carbons (Fsp3) is 0.333. The van der Waals surface area contributed by atoms with E-state index in [0.717, 1.165) is 0 Å². The number of hydrogen-bond acceptors (Lipinski definition) is 4. The van der Waals surface area contributed by atoms with Gasteiger partial charge in [0.05, 0.1) is 11.3 Å². The van der Waals surface area contributed by atoms with Gasteiger partial charge in [0.1, 0.15) is 0 Å². The van der Waals surface area contributed by atoms with Gasteiger partial charge in [-0.1, -0.05) is 15.9 Å². The van der Waals surface area contributed by atoms with Crippen molar-refractivity contribution < 1.29 is 14.3 Å². The lowest BCUT2D eigenvalue weighted by Crippen LogP contribution is -2.34. The first-order valence-electron chi connectivity index (χ1n) is 5.35. The molecule has 0 bridgehead atoms. The van der Waals surface area contributed by atoms with E-state index >= 15 is 0 Å². The Labute approximate surface area is 114 Å². The van der Waals surface area contributed by atoms with Gasteiger partial charge in [-0.3, -0.25) is 9.59 Å². The van der Waals surface area contributed by atoms with Crippen molar-refractivity contribution in [3.8, 4) is 5.75 Å². The largest absolute Gasteiger partial charge is 0.478 e. The Morgan fingerprint density at radius 1 is 1.44 bits per heavy atom. The number of nitrogen functional groups attached to an aromatic ring is 1. The van der Waals surface area contributed by atoms with Crippen LogP contribution >= 0.6 is 15.9 Å². The third-order valence-electron chi connectivity index (χ3n) is 2.37. The predicted molar refractivity (Wildman–Crippen MR) is 72.7 cm³/mol. The maximum atomic E-state index is 11.5. The van der Waals surface area contributed by atoms with Crippen molar-refractivity contribution >= 4 is 33.3 Å². The van der Waals surface area contributed by atoms with Gasteiger partial charge in [-0.2, -0.15) is 0 Å².